The fraction of sp³-hybridized carbons (Fsp3) is 0. The number of fused-ring (bicyclic) bond motifs is 1. The van der Waals surface area contributed by atoms with E-state index in [1.807, 2.05) is 0 Å². The van der Waals surface area contributed by atoms with Crippen LogP contribution < -0.4 is 5.32 Å². The minimum atomic E-state index is -0.955. The summed E-state index contributed by atoms with van der Waals surface area (Å²) in [4.78, 5) is 11.9. The first kappa shape index (κ1) is 12.8. The Morgan fingerprint density at radius 1 is 1.05 bits per heavy atom. The normalized spacial score (nSPS) is 15.3. The molecule has 0 bridgehead atoms. The molecule has 0 atom stereocenters. The second-order valence-corrected chi connectivity index (χ2v) is 4.81. The van der Waals surface area contributed by atoms with Crippen LogP contribution in [0.5, 0.6) is 0 Å². The van der Waals surface area contributed by atoms with Crippen LogP contribution in [0.15, 0.2) is 36.4 Å². The molecule has 0 spiro atoms. The third-order valence-corrected chi connectivity index (χ3v) is 3.25. The van der Waals surface area contributed by atoms with E-state index >= 15 is 0 Å². The summed E-state index contributed by atoms with van der Waals surface area (Å²) in [5, 5.41) is 3.18. The van der Waals surface area contributed by atoms with Gasteiger partial charge in [-0.2, -0.15) is 0 Å². The second-order valence-electron chi connectivity index (χ2n) is 4.38. The van der Waals surface area contributed by atoms with Crippen LogP contribution in [-0.4, -0.2) is 5.91 Å². The van der Waals surface area contributed by atoms with Gasteiger partial charge in [-0.1, -0.05) is 17.7 Å². The van der Waals surface area contributed by atoms with Gasteiger partial charge in [0.15, 0.2) is 11.6 Å². The molecule has 100 valence electrons. The fourth-order valence-corrected chi connectivity index (χ4v) is 2.24. The van der Waals surface area contributed by atoms with Gasteiger partial charge in [0.25, 0.3) is 5.91 Å². The highest BCUT2D eigenvalue weighted by Crippen LogP contribution is 2.34. The number of carbonyl (C=O) groups excluding carboxylic acids is 1. The van der Waals surface area contributed by atoms with E-state index in [4.69, 9.17) is 11.6 Å². The molecule has 1 amide bonds. The Labute approximate surface area is 118 Å². The summed E-state index contributed by atoms with van der Waals surface area (Å²) < 4.78 is 26.1. The molecule has 20 heavy (non-hydrogen) atoms. The zero-order valence-electron chi connectivity index (χ0n) is 10.1. The second kappa shape index (κ2) is 4.72. The van der Waals surface area contributed by atoms with Crippen LogP contribution in [0, 0.1) is 11.6 Å². The molecular formula is C15H8ClF2NO. The largest absolute Gasteiger partial charge is 0.321 e. The predicted octanol–water partition coefficient (Wildman–Crippen LogP) is 4.11. The maximum absolute atomic E-state index is 13.2. The molecule has 3 rings (SSSR count). The van der Waals surface area contributed by atoms with Crippen LogP contribution >= 0.6 is 11.6 Å². The average molecular weight is 292 g/mol. The van der Waals surface area contributed by atoms with Crippen molar-refractivity contribution in [2.24, 2.45) is 0 Å². The third kappa shape index (κ3) is 2.18. The smallest absolute Gasteiger partial charge is 0.256 e. The molecule has 2 nitrogen and oxygen atoms in total. The summed E-state index contributed by atoms with van der Waals surface area (Å²) in [6, 6.07) is 8.48. The molecule has 0 unspecified atom stereocenters. The Balaban J connectivity index is 2.10. The molecule has 0 saturated heterocycles. The summed E-state index contributed by atoms with van der Waals surface area (Å²) in [5.74, 6) is -2.18. The molecule has 2 aromatic rings. The van der Waals surface area contributed by atoms with Gasteiger partial charge in [-0.05, 0) is 42.0 Å². The Morgan fingerprint density at radius 3 is 2.60 bits per heavy atom. The maximum atomic E-state index is 13.2. The highest BCUT2D eigenvalue weighted by Gasteiger charge is 2.24. The molecule has 1 N–H and O–H groups in total. The Kier molecular flexibility index (Phi) is 3.03. The molecule has 0 fully saturated rings. The van der Waals surface area contributed by atoms with Crippen molar-refractivity contribution >= 4 is 34.8 Å². The number of benzene rings is 2. The fourth-order valence-electron chi connectivity index (χ4n) is 2.07. The van der Waals surface area contributed by atoms with Gasteiger partial charge < -0.3 is 5.32 Å². The standard InChI is InChI=1S/C15H8ClF2NO/c16-9-2-4-14-10(7-9)11(15(20)19-14)5-8-1-3-12(17)13(18)6-8/h1-7H,(H,19,20)/b11-5-. The van der Waals surface area contributed by atoms with Gasteiger partial charge in [-0.15, -0.1) is 0 Å². The Morgan fingerprint density at radius 2 is 1.85 bits per heavy atom. The third-order valence-electron chi connectivity index (χ3n) is 3.02. The first-order chi connectivity index (χ1) is 9.54. The maximum Gasteiger partial charge on any atom is 0.256 e. The van der Waals surface area contributed by atoms with E-state index in [0.29, 0.717) is 27.4 Å². The van der Waals surface area contributed by atoms with Gasteiger partial charge in [0.1, 0.15) is 0 Å². The van der Waals surface area contributed by atoms with Gasteiger partial charge in [0.2, 0.25) is 0 Å². The minimum absolute atomic E-state index is 0.299. The predicted molar refractivity (Wildman–Crippen MR) is 74.3 cm³/mol. The Hall–Kier alpha value is -2.20. The van der Waals surface area contributed by atoms with Crippen molar-refractivity contribution in [3.8, 4) is 0 Å². The van der Waals surface area contributed by atoms with Crippen LogP contribution in [0.25, 0.3) is 11.6 Å². The van der Waals surface area contributed by atoms with Crippen LogP contribution in [0.4, 0.5) is 14.5 Å². The van der Waals surface area contributed by atoms with Gasteiger partial charge >= 0.3 is 0 Å². The highest BCUT2D eigenvalue weighted by molar-refractivity contribution is 6.36. The molecule has 0 aromatic heterocycles. The zero-order valence-corrected chi connectivity index (χ0v) is 10.8. The van der Waals surface area contributed by atoms with E-state index in [2.05, 4.69) is 5.32 Å². The van der Waals surface area contributed by atoms with Crippen molar-refractivity contribution in [3.63, 3.8) is 0 Å². The lowest BCUT2D eigenvalue weighted by atomic mass is 10.0. The van der Waals surface area contributed by atoms with Crippen molar-refractivity contribution in [3.05, 3.63) is 64.2 Å². The molecule has 0 aliphatic carbocycles. The monoisotopic (exact) mass is 291 g/mol. The summed E-state index contributed by atoms with van der Waals surface area (Å²) in [7, 11) is 0. The van der Waals surface area contributed by atoms with E-state index < -0.39 is 11.6 Å². The number of anilines is 1. The van der Waals surface area contributed by atoms with Crippen LogP contribution in [0.3, 0.4) is 0 Å². The molecular weight excluding hydrogens is 284 g/mol. The van der Waals surface area contributed by atoms with Gasteiger partial charge in [0, 0.05) is 21.8 Å². The van der Waals surface area contributed by atoms with Crippen molar-refractivity contribution in [1.29, 1.82) is 0 Å². The number of nitrogens with one attached hydrogen (secondary N) is 1. The lowest BCUT2D eigenvalue weighted by Gasteiger charge is -2.00. The minimum Gasteiger partial charge on any atom is -0.321 e. The zero-order chi connectivity index (χ0) is 14.3. The highest BCUT2D eigenvalue weighted by atomic mass is 35.5. The molecule has 0 saturated carbocycles. The van der Waals surface area contributed by atoms with Crippen molar-refractivity contribution < 1.29 is 13.6 Å². The SMILES string of the molecule is O=C1Nc2ccc(Cl)cc2/C1=C/c1ccc(F)c(F)c1. The quantitative estimate of drug-likeness (QED) is 0.787. The van der Waals surface area contributed by atoms with Gasteiger partial charge in [0.05, 0.1) is 0 Å². The molecule has 0 radical (unpaired) electrons. The summed E-state index contributed by atoms with van der Waals surface area (Å²) in [5.41, 5.74) is 2.07. The van der Waals surface area contributed by atoms with Gasteiger partial charge in [-0.25, -0.2) is 8.78 Å². The first-order valence-electron chi connectivity index (χ1n) is 5.82. The lowest BCUT2D eigenvalue weighted by molar-refractivity contribution is -0.110. The van der Waals surface area contributed by atoms with E-state index in [-0.39, 0.29) is 5.91 Å². The number of carbonyl (C=O) groups is 1. The number of halogens is 3. The lowest BCUT2D eigenvalue weighted by Crippen LogP contribution is -2.03. The summed E-state index contributed by atoms with van der Waals surface area (Å²) in [6.07, 6.45) is 1.50. The topological polar surface area (TPSA) is 29.1 Å². The van der Waals surface area contributed by atoms with E-state index in [1.165, 1.54) is 12.1 Å². The van der Waals surface area contributed by atoms with Crippen molar-refractivity contribution in [1.82, 2.24) is 0 Å². The van der Waals surface area contributed by atoms with E-state index in [0.717, 1.165) is 12.1 Å². The van der Waals surface area contributed by atoms with E-state index in [9.17, 15) is 13.6 Å². The van der Waals surface area contributed by atoms with Crippen LogP contribution in [-0.2, 0) is 4.79 Å². The number of rotatable bonds is 1. The molecule has 5 heteroatoms. The number of hydrogen-bond acceptors (Lipinski definition) is 1. The van der Waals surface area contributed by atoms with Crippen LogP contribution in [0.2, 0.25) is 5.02 Å². The molecule has 2 aromatic carbocycles. The molecule has 1 heterocycles. The Bertz CT molecular complexity index is 756. The van der Waals surface area contributed by atoms with Gasteiger partial charge in [-0.3, -0.25) is 4.79 Å². The molecule has 1 aliphatic heterocycles. The van der Waals surface area contributed by atoms with Crippen LogP contribution in [0.1, 0.15) is 11.1 Å². The van der Waals surface area contributed by atoms with E-state index in [1.54, 1.807) is 18.2 Å². The summed E-state index contributed by atoms with van der Waals surface area (Å²) >= 11 is 5.91. The average Bonchev–Trinajstić information content (AvgIpc) is 2.70. The number of amides is 1. The summed E-state index contributed by atoms with van der Waals surface area (Å²) in [6.45, 7) is 0. The first-order valence-corrected chi connectivity index (χ1v) is 6.20. The van der Waals surface area contributed by atoms with Crippen molar-refractivity contribution in [2.45, 2.75) is 0 Å². The van der Waals surface area contributed by atoms with Crippen molar-refractivity contribution in [2.75, 3.05) is 5.32 Å². The number of hydrogen-bond donors (Lipinski definition) is 1. The molecule has 1 aliphatic rings.